The van der Waals surface area contributed by atoms with Crippen LogP contribution in [0.1, 0.15) is 11.1 Å². The van der Waals surface area contributed by atoms with Gasteiger partial charge < -0.3 is 24.5 Å². The minimum atomic E-state index is 0.577. The molecule has 0 radical (unpaired) electrons. The van der Waals surface area contributed by atoms with E-state index in [-0.39, 0.29) is 0 Å². The highest BCUT2D eigenvalue weighted by atomic mass is 16.5. The predicted molar refractivity (Wildman–Crippen MR) is 122 cm³/mol. The third-order valence-corrected chi connectivity index (χ3v) is 5.93. The molecule has 1 aliphatic rings. The van der Waals surface area contributed by atoms with Gasteiger partial charge in [0.25, 0.3) is 0 Å². The highest BCUT2D eigenvalue weighted by Gasteiger charge is 2.16. The van der Waals surface area contributed by atoms with Crippen molar-refractivity contribution >= 4 is 11.0 Å². The van der Waals surface area contributed by atoms with Crippen LogP contribution >= 0.6 is 0 Å². The molecule has 2 aromatic heterocycles. The van der Waals surface area contributed by atoms with Crippen molar-refractivity contribution in [2.24, 2.45) is 0 Å². The minimum Gasteiger partial charge on any atom is -0.493 e. The third kappa shape index (κ3) is 3.39. The van der Waals surface area contributed by atoms with Crippen molar-refractivity contribution in [3.63, 3.8) is 0 Å². The van der Waals surface area contributed by atoms with Crippen LogP contribution in [0.15, 0.2) is 48.8 Å². The Kier molecular flexibility index (Phi) is 5.00. The number of nitrogens with one attached hydrogen (secondary N) is 2. The molecule has 0 bridgehead atoms. The molecule has 1 aliphatic heterocycles. The number of nitrogens with zero attached hydrogens (tertiary/aromatic N) is 1. The van der Waals surface area contributed by atoms with Crippen molar-refractivity contribution in [1.29, 1.82) is 0 Å². The summed E-state index contributed by atoms with van der Waals surface area (Å²) in [6.07, 6.45) is 4.98. The lowest BCUT2D eigenvalue weighted by Gasteiger charge is -2.17. The van der Waals surface area contributed by atoms with Gasteiger partial charge in [-0.2, -0.15) is 0 Å². The molecule has 0 atom stereocenters. The van der Waals surface area contributed by atoms with Crippen molar-refractivity contribution in [1.82, 2.24) is 15.3 Å². The Labute approximate surface area is 181 Å². The van der Waals surface area contributed by atoms with Crippen molar-refractivity contribution < 1.29 is 14.2 Å². The molecule has 0 unspecified atom stereocenters. The molecular formula is C25H25N3O3. The van der Waals surface area contributed by atoms with Crippen molar-refractivity contribution in [2.75, 3.05) is 27.9 Å². The van der Waals surface area contributed by atoms with E-state index in [4.69, 9.17) is 14.2 Å². The average Bonchev–Trinajstić information content (AvgIpc) is 3.26. The lowest BCUT2D eigenvalue weighted by molar-refractivity contribution is 0.324. The van der Waals surface area contributed by atoms with E-state index < -0.39 is 0 Å². The second kappa shape index (κ2) is 7.96. The van der Waals surface area contributed by atoms with Crippen LogP contribution in [0.4, 0.5) is 0 Å². The second-order valence-electron chi connectivity index (χ2n) is 7.65. The quantitative estimate of drug-likeness (QED) is 0.500. The van der Waals surface area contributed by atoms with Gasteiger partial charge >= 0.3 is 0 Å². The van der Waals surface area contributed by atoms with Crippen LogP contribution in [0.3, 0.4) is 0 Å². The Balaban J connectivity index is 1.62. The van der Waals surface area contributed by atoms with E-state index in [1.54, 1.807) is 21.3 Å². The molecule has 4 aromatic rings. The summed E-state index contributed by atoms with van der Waals surface area (Å²) in [4.78, 5) is 7.98. The summed E-state index contributed by atoms with van der Waals surface area (Å²) in [5, 5.41) is 4.54. The number of hydrogen-bond donors (Lipinski definition) is 2. The third-order valence-electron chi connectivity index (χ3n) is 5.93. The van der Waals surface area contributed by atoms with Gasteiger partial charge in [0, 0.05) is 35.5 Å². The Morgan fingerprint density at radius 2 is 1.65 bits per heavy atom. The van der Waals surface area contributed by atoms with Crippen molar-refractivity contribution in [3.05, 3.63) is 59.9 Å². The lowest BCUT2D eigenvalue weighted by atomic mass is 9.95. The first-order valence-electron chi connectivity index (χ1n) is 10.3. The van der Waals surface area contributed by atoms with E-state index in [0.717, 1.165) is 47.2 Å². The summed E-state index contributed by atoms with van der Waals surface area (Å²) in [5.41, 5.74) is 7.92. The minimum absolute atomic E-state index is 0.577. The number of fused-ring (bicyclic) bond motifs is 2. The summed E-state index contributed by atoms with van der Waals surface area (Å²) in [5.74, 6) is 1.81. The summed E-state index contributed by atoms with van der Waals surface area (Å²) in [6.45, 7) is 1.96. The van der Waals surface area contributed by atoms with Gasteiger partial charge in [-0.25, -0.2) is 4.98 Å². The molecule has 2 N–H and O–H groups in total. The van der Waals surface area contributed by atoms with E-state index >= 15 is 0 Å². The number of hydrogen-bond acceptors (Lipinski definition) is 5. The maximum Gasteiger partial charge on any atom is 0.203 e. The molecule has 31 heavy (non-hydrogen) atoms. The fourth-order valence-corrected chi connectivity index (χ4v) is 4.30. The smallest absolute Gasteiger partial charge is 0.203 e. The number of rotatable bonds is 5. The van der Waals surface area contributed by atoms with Gasteiger partial charge in [0.2, 0.25) is 5.75 Å². The van der Waals surface area contributed by atoms with Gasteiger partial charge in [0.1, 0.15) is 5.65 Å². The van der Waals surface area contributed by atoms with Crippen LogP contribution in [0, 0.1) is 0 Å². The number of aromatic amines is 1. The monoisotopic (exact) mass is 415 g/mol. The number of pyridine rings is 1. The summed E-state index contributed by atoms with van der Waals surface area (Å²) in [7, 11) is 4.85. The van der Waals surface area contributed by atoms with E-state index in [0.29, 0.717) is 17.2 Å². The molecule has 0 fully saturated rings. The summed E-state index contributed by atoms with van der Waals surface area (Å²) in [6, 6.07) is 12.8. The van der Waals surface area contributed by atoms with E-state index in [9.17, 15) is 0 Å². The zero-order chi connectivity index (χ0) is 21.4. The number of benzene rings is 2. The van der Waals surface area contributed by atoms with Gasteiger partial charge in [0.05, 0.1) is 21.3 Å². The average molecular weight is 415 g/mol. The molecule has 158 valence electrons. The molecule has 5 rings (SSSR count). The molecule has 2 aromatic carbocycles. The largest absolute Gasteiger partial charge is 0.493 e. The van der Waals surface area contributed by atoms with Gasteiger partial charge in [0.15, 0.2) is 11.5 Å². The number of ether oxygens (including phenoxy) is 3. The topological polar surface area (TPSA) is 68.4 Å². The molecule has 0 saturated carbocycles. The molecular weight excluding hydrogens is 390 g/mol. The zero-order valence-corrected chi connectivity index (χ0v) is 17.9. The second-order valence-corrected chi connectivity index (χ2v) is 7.65. The molecule has 0 amide bonds. The zero-order valence-electron chi connectivity index (χ0n) is 17.9. The van der Waals surface area contributed by atoms with Gasteiger partial charge in [-0.15, -0.1) is 0 Å². The van der Waals surface area contributed by atoms with Crippen LogP contribution in [-0.2, 0) is 13.0 Å². The molecule has 3 heterocycles. The molecule has 6 nitrogen and oxygen atoms in total. The van der Waals surface area contributed by atoms with Crippen LogP contribution in [-0.4, -0.2) is 37.8 Å². The SMILES string of the molecule is COc1cc(-c2cnc3[nH]cc(-c4ccc5c(c4)CNCC5)c3c2)cc(OC)c1OC. The first kappa shape index (κ1) is 19.5. The normalized spacial score (nSPS) is 13.1. The van der Waals surface area contributed by atoms with Crippen molar-refractivity contribution in [3.8, 4) is 39.5 Å². The van der Waals surface area contributed by atoms with Gasteiger partial charge in [-0.1, -0.05) is 12.1 Å². The highest BCUT2D eigenvalue weighted by Crippen LogP contribution is 2.42. The van der Waals surface area contributed by atoms with E-state index in [2.05, 4.69) is 39.6 Å². The van der Waals surface area contributed by atoms with Crippen molar-refractivity contribution in [2.45, 2.75) is 13.0 Å². The van der Waals surface area contributed by atoms with Gasteiger partial charge in [-0.05, 0) is 59.5 Å². The number of H-pyrrole nitrogens is 1. The highest BCUT2D eigenvalue weighted by molar-refractivity contribution is 5.96. The lowest BCUT2D eigenvalue weighted by Crippen LogP contribution is -2.23. The summed E-state index contributed by atoms with van der Waals surface area (Å²) >= 11 is 0. The Morgan fingerprint density at radius 1 is 0.839 bits per heavy atom. The Hall–Kier alpha value is -3.51. The number of aromatic nitrogens is 2. The molecule has 0 aliphatic carbocycles. The fraction of sp³-hybridized carbons (Fsp3) is 0.240. The summed E-state index contributed by atoms with van der Waals surface area (Å²) < 4.78 is 16.5. The van der Waals surface area contributed by atoms with Crippen LogP contribution in [0.5, 0.6) is 17.2 Å². The Bertz CT molecular complexity index is 1240. The van der Waals surface area contributed by atoms with Crippen LogP contribution in [0.2, 0.25) is 0 Å². The Morgan fingerprint density at radius 3 is 2.39 bits per heavy atom. The molecule has 0 spiro atoms. The van der Waals surface area contributed by atoms with E-state index in [1.807, 2.05) is 24.5 Å². The fourth-order valence-electron chi connectivity index (χ4n) is 4.30. The van der Waals surface area contributed by atoms with E-state index in [1.165, 1.54) is 16.7 Å². The first-order valence-corrected chi connectivity index (χ1v) is 10.3. The maximum absolute atomic E-state index is 5.52. The molecule has 0 saturated heterocycles. The van der Waals surface area contributed by atoms with Crippen LogP contribution in [0.25, 0.3) is 33.3 Å². The maximum atomic E-state index is 5.52. The number of methoxy groups -OCH3 is 3. The van der Waals surface area contributed by atoms with Crippen LogP contribution < -0.4 is 19.5 Å². The predicted octanol–water partition coefficient (Wildman–Crippen LogP) is 4.57. The molecule has 6 heteroatoms. The van der Waals surface area contributed by atoms with Gasteiger partial charge in [-0.3, -0.25) is 0 Å². The standard InChI is InChI=1S/C25H25N3O3/c1-29-22-10-17(11-23(30-2)24(22)31-3)19-9-20-21(14-28-25(20)27-13-19)16-5-4-15-6-7-26-12-18(15)8-16/h4-5,8-11,13-14,26H,6-7,12H2,1-3H3,(H,27,28). The first-order chi connectivity index (χ1) is 15.2.